The van der Waals surface area contributed by atoms with E-state index in [-0.39, 0.29) is 0 Å². The third-order valence-corrected chi connectivity index (χ3v) is 11.5. The summed E-state index contributed by atoms with van der Waals surface area (Å²) in [4.78, 5) is 5.32. The Balaban J connectivity index is 1.05. The van der Waals surface area contributed by atoms with Crippen molar-refractivity contribution >= 4 is 22.1 Å². The van der Waals surface area contributed by atoms with Crippen LogP contribution in [-0.2, 0) is 0 Å². The molecule has 1 aromatic heterocycles. The molecule has 2 nitrogen and oxygen atoms in total. The van der Waals surface area contributed by atoms with E-state index < -0.39 is 0 Å². The number of nitrogens with zero attached hydrogens (tertiary/aromatic N) is 1. The van der Waals surface area contributed by atoms with Gasteiger partial charge in [0.25, 0.3) is 0 Å². The number of aromatic nitrogens is 1. The Labute approximate surface area is 363 Å². The second-order valence-electron chi connectivity index (χ2n) is 15.5. The molecule has 0 atom stereocenters. The van der Waals surface area contributed by atoms with E-state index in [1.165, 1.54) is 11.1 Å². The van der Waals surface area contributed by atoms with Crippen molar-refractivity contribution in [3.05, 3.63) is 265 Å². The molecule has 0 fully saturated rings. The van der Waals surface area contributed by atoms with Crippen molar-refractivity contribution in [2.75, 3.05) is 0 Å². The lowest BCUT2D eigenvalue weighted by Crippen LogP contribution is -1.98. The maximum atomic E-state index is 9.07. The monoisotopic (exact) mass is 790 g/mol. The smallest absolute Gasteiger partial charge is 0.0715 e. The molecule has 0 bridgehead atoms. The van der Waals surface area contributed by atoms with Gasteiger partial charge in [-0.1, -0.05) is 212 Å². The van der Waals surface area contributed by atoms with E-state index in [1.54, 1.807) is 0 Å². The Morgan fingerprint density at radius 2 is 0.742 bits per heavy atom. The number of hydrogen-bond donors (Lipinski definition) is 1. The van der Waals surface area contributed by atoms with E-state index in [1.807, 2.05) is 42.5 Å². The summed E-state index contributed by atoms with van der Waals surface area (Å²) in [5.41, 5.74) is 17.7. The van der Waals surface area contributed by atoms with Crippen molar-refractivity contribution < 1.29 is 0 Å². The van der Waals surface area contributed by atoms with Crippen LogP contribution >= 0.6 is 0 Å². The molecule has 0 spiro atoms. The van der Waals surface area contributed by atoms with E-state index in [4.69, 9.17) is 10.4 Å². The average molecular weight is 791 g/mol. The molecule has 0 aliphatic carbocycles. The van der Waals surface area contributed by atoms with Gasteiger partial charge in [-0.25, -0.2) is 4.98 Å². The molecule has 0 aliphatic heterocycles. The van der Waals surface area contributed by atoms with Gasteiger partial charge in [-0.05, 0) is 114 Å². The minimum Gasteiger partial charge on any atom is -0.300 e. The van der Waals surface area contributed by atoms with Crippen LogP contribution < -0.4 is 0 Å². The zero-order valence-corrected chi connectivity index (χ0v) is 34.1. The summed E-state index contributed by atoms with van der Waals surface area (Å²) in [7, 11) is 0. The van der Waals surface area contributed by atoms with Crippen molar-refractivity contribution in [2.24, 2.45) is 0 Å². The molecule has 0 unspecified atom stereocenters. The maximum Gasteiger partial charge on any atom is 0.0715 e. The molecule has 0 radical (unpaired) electrons. The minimum absolute atomic E-state index is 0.475. The highest BCUT2D eigenvalue weighted by Gasteiger charge is 2.14. The van der Waals surface area contributed by atoms with Crippen LogP contribution in [0.5, 0.6) is 0 Å². The van der Waals surface area contributed by atoms with Gasteiger partial charge in [0.1, 0.15) is 0 Å². The summed E-state index contributed by atoms with van der Waals surface area (Å²) in [5.74, 6) is 0. The Kier molecular flexibility index (Phi) is 10.5. The van der Waals surface area contributed by atoms with Crippen LogP contribution in [0.4, 0.5) is 0 Å². The molecule has 0 aliphatic rings. The van der Waals surface area contributed by atoms with Gasteiger partial charge in [-0.3, -0.25) is 0 Å². The topological polar surface area (TPSA) is 36.7 Å². The number of pyridine rings is 1. The fraction of sp³-hybridized carbons (Fsp3) is 0. The molecule has 0 saturated carbocycles. The predicted molar refractivity (Wildman–Crippen MR) is 261 cm³/mol. The average Bonchev–Trinajstić information content (AvgIpc) is 3.36. The highest BCUT2D eigenvalue weighted by Crippen LogP contribution is 2.37. The van der Waals surface area contributed by atoms with Crippen molar-refractivity contribution in [1.82, 2.24) is 4.98 Å². The molecule has 62 heavy (non-hydrogen) atoms. The zero-order valence-electron chi connectivity index (χ0n) is 34.1. The molecule has 0 amide bonds. The van der Waals surface area contributed by atoms with Crippen molar-refractivity contribution in [3.63, 3.8) is 0 Å². The molecule has 10 rings (SSSR count). The van der Waals surface area contributed by atoms with Crippen LogP contribution in [-0.4, -0.2) is 10.7 Å². The molecular weight excluding hydrogens is 749 g/mol. The number of benzene rings is 9. The molecule has 1 N–H and O–H groups in total. The van der Waals surface area contributed by atoms with E-state index >= 15 is 0 Å². The number of nitrogens with one attached hydrogen (secondary N) is 1. The van der Waals surface area contributed by atoms with Crippen molar-refractivity contribution in [2.45, 2.75) is 0 Å². The summed E-state index contributed by atoms with van der Waals surface area (Å²) in [6.07, 6.45) is 2.01. The molecule has 2 heteroatoms. The van der Waals surface area contributed by atoms with Gasteiger partial charge in [0, 0.05) is 11.1 Å². The predicted octanol–water partition coefficient (Wildman–Crippen LogP) is 15.7. The SMILES string of the molecule is N=C(/C=C(/c1ccccc1)c1cccc2ccc(-c3ccc(-c4cc(-c5cccc(-c6ccccc6)c5)nc(-c5cccc(-c6ccccc6)c5)c4)cc3)cc12)c1ccccc1. The largest absolute Gasteiger partial charge is 0.300 e. The summed E-state index contributed by atoms with van der Waals surface area (Å²) in [6.45, 7) is 0. The van der Waals surface area contributed by atoms with Gasteiger partial charge in [0.05, 0.1) is 17.1 Å². The number of hydrogen-bond acceptors (Lipinski definition) is 2. The van der Waals surface area contributed by atoms with Gasteiger partial charge < -0.3 is 5.41 Å². The van der Waals surface area contributed by atoms with Gasteiger partial charge >= 0.3 is 0 Å². The second-order valence-corrected chi connectivity index (χ2v) is 15.5. The molecule has 292 valence electrons. The summed E-state index contributed by atoms with van der Waals surface area (Å²) in [5, 5.41) is 11.4. The van der Waals surface area contributed by atoms with Crippen LogP contribution in [0.25, 0.3) is 83.4 Å². The lowest BCUT2D eigenvalue weighted by molar-refractivity contribution is 1.32. The van der Waals surface area contributed by atoms with Gasteiger partial charge in [-0.15, -0.1) is 0 Å². The van der Waals surface area contributed by atoms with Crippen LogP contribution in [0.2, 0.25) is 0 Å². The summed E-state index contributed by atoms with van der Waals surface area (Å²) >= 11 is 0. The second kappa shape index (κ2) is 17.2. The Hall–Kier alpha value is -8.20. The van der Waals surface area contributed by atoms with Crippen molar-refractivity contribution in [3.8, 4) is 67.0 Å². The first-order valence-electron chi connectivity index (χ1n) is 21.0. The quantitative estimate of drug-likeness (QED) is 0.138. The van der Waals surface area contributed by atoms with E-state index in [9.17, 15) is 0 Å². The number of fused-ring (bicyclic) bond motifs is 1. The fourth-order valence-corrected chi connectivity index (χ4v) is 8.29. The van der Waals surface area contributed by atoms with Gasteiger partial charge in [-0.2, -0.15) is 0 Å². The molecule has 10 aromatic rings. The van der Waals surface area contributed by atoms with Crippen LogP contribution in [0.15, 0.2) is 249 Å². The molecule has 1 heterocycles. The highest BCUT2D eigenvalue weighted by atomic mass is 14.7. The summed E-state index contributed by atoms with van der Waals surface area (Å²) < 4.78 is 0. The van der Waals surface area contributed by atoms with Crippen molar-refractivity contribution in [1.29, 1.82) is 5.41 Å². The first-order chi connectivity index (χ1) is 30.6. The Bertz CT molecular complexity index is 3100. The lowest BCUT2D eigenvalue weighted by Gasteiger charge is -2.15. The molecule has 9 aromatic carbocycles. The maximum absolute atomic E-state index is 9.07. The van der Waals surface area contributed by atoms with Crippen LogP contribution in [0.1, 0.15) is 16.7 Å². The molecular formula is C60H42N2. The first kappa shape index (κ1) is 38.0. The Morgan fingerprint density at radius 3 is 1.31 bits per heavy atom. The zero-order chi connectivity index (χ0) is 41.7. The number of allylic oxidation sites excluding steroid dienone is 1. The Morgan fingerprint density at radius 1 is 0.323 bits per heavy atom. The third-order valence-electron chi connectivity index (χ3n) is 11.5. The minimum atomic E-state index is 0.475. The van der Waals surface area contributed by atoms with E-state index in [2.05, 4.69) is 206 Å². The highest BCUT2D eigenvalue weighted by molar-refractivity contribution is 6.14. The fourth-order valence-electron chi connectivity index (χ4n) is 8.29. The standard InChI is InChI=1S/C60H42N2/c61-58(48-22-11-4-12-23-48)41-57(46-20-9-3-10-21-46)55-29-15-24-47-34-35-51(38-56(47)55)44-30-32-45(33-31-44)54-39-59(52-27-13-25-49(36-52)42-16-5-1-6-17-42)62-60(40-54)53-28-14-26-50(37-53)43-18-7-2-8-19-43/h1-41,61H/b57-41-,61-58?. The normalized spacial score (nSPS) is 11.4. The van der Waals surface area contributed by atoms with Gasteiger partial charge in [0.2, 0.25) is 0 Å². The summed E-state index contributed by atoms with van der Waals surface area (Å²) in [6, 6.07) is 85.3. The third kappa shape index (κ3) is 8.06. The van der Waals surface area contributed by atoms with Gasteiger partial charge in [0.15, 0.2) is 0 Å². The van der Waals surface area contributed by atoms with Crippen LogP contribution in [0.3, 0.4) is 0 Å². The lowest BCUT2D eigenvalue weighted by atomic mass is 9.90. The number of rotatable bonds is 10. The van der Waals surface area contributed by atoms with E-state index in [0.29, 0.717) is 5.71 Å². The molecule has 0 saturated heterocycles. The first-order valence-corrected chi connectivity index (χ1v) is 21.0. The van der Waals surface area contributed by atoms with Crippen LogP contribution in [0, 0.1) is 5.41 Å². The van der Waals surface area contributed by atoms with E-state index in [0.717, 1.165) is 88.9 Å².